The molecule has 2 aliphatic heterocycles. The van der Waals surface area contributed by atoms with Crippen LogP contribution in [0.5, 0.6) is 0 Å². The van der Waals surface area contributed by atoms with Gasteiger partial charge in [0.2, 0.25) is 17.2 Å². The van der Waals surface area contributed by atoms with E-state index in [1.165, 1.54) is 16.4 Å². The predicted octanol–water partition coefficient (Wildman–Crippen LogP) is -5.43. The first-order valence-corrected chi connectivity index (χ1v) is 12.3. The Labute approximate surface area is 240 Å². The molecule has 0 bridgehead atoms. The molecule has 0 radical (unpaired) electrons. The summed E-state index contributed by atoms with van der Waals surface area (Å²) in [6.45, 7) is -0.107. The molecule has 2 aromatic rings. The minimum atomic E-state index is -1.54. The minimum Gasteiger partial charge on any atom is -0.543 e. The summed E-state index contributed by atoms with van der Waals surface area (Å²) in [5.74, 6) is -3.22. The van der Waals surface area contributed by atoms with Crippen molar-refractivity contribution in [1.82, 2.24) is 30.4 Å². The van der Waals surface area contributed by atoms with Crippen LogP contribution in [0.1, 0.15) is 11.7 Å². The van der Waals surface area contributed by atoms with Crippen LogP contribution in [0.3, 0.4) is 0 Å². The summed E-state index contributed by atoms with van der Waals surface area (Å²) in [5, 5.41) is 25.0. The van der Waals surface area contributed by atoms with E-state index in [9.17, 15) is 29.1 Å². The third kappa shape index (κ3) is 6.15. The number of benzene rings is 1. The smallest absolute Gasteiger partial charge is 0.543 e. The number of carboxylic acids is 1. The maximum Gasteiger partial charge on any atom is 1.00 e. The zero-order valence-corrected chi connectivity index (χ0v) is 22.9. The number of thioether (sulfide) groups is 2. The number of nitrogens with one attached hydrogen (secondary N) is 1. The number of aliphatic carboxylic acids is 1. The van der Waals surface area contributed by atoms with E-state index in [4.69, 9.17) is 10.5 Å². The number of nitrogens with zero attached hydrogens (tertiary/aromatic N) is 5. The van der Waals surface area contributed by atoms with Crippen LogP contribution >= 0.6 is 23.5 Å². The number of β-lactam (4-membered cyclic amide) rings is 1. The molecule has 37 heavy (non-hydrogen) atoms. The maximum atomic E-state index is 12.9. The number of carbonyl (C=O) groups excluding carboxylic acids is 5. The third-order valence-corrected chi connectivity index (χ3v) is 7.63. The van der Waals surface area contributed by atoms with E-state index in [1.54, 1.807) is 30.3 Å². The fraction of sp³-hybridized carbons (Fsp3) is 0.300. The molecule has 0 aliphatic carbocycles. The zero-order chi connectivity index (χ0) is 25.8. The number of hydrogen-bond donors (Lipinski definition) is 2. The number of hydrogen-bond acceptors (Lipinski definition) is 12. The van der Waals surface area contributed by atoms with Crippen molar-refractivity contribution in [2.45, 2.75) is 29.2 Å². The van der Waals surface area contributed by atoms with Gasteiger partial charge in [-0.1, -0.05) is 42.1 Å². The Hall–Kier alpha value is -2.92. The van der Waals surface area contributed by atoms with Crippen LogP contribution < -0.4 is 45.7 Å². The number of rotatable bonds is 11. The summed E-state index contributed by atoms with van der Waals surface area (Å²) in [4.78, 5) is 60.8. The molecular formula is C20H18N7NaO7S2. The van der Waals surface area contributed by atoms with Gasteiger partial charge in [0.25, 0.3) is 18.3 Å². The summed E-state index contributed by atoms with van der Waals surface area (Å²) in [6.07, 6.45) is -1.27. The average Bonchev–Trinajstić information content (AvgIpc) is 3.30. The maximum absolute atomic E-state index is 12.9. The van der Waals surface area contributed by atoms with Gasteiger partial charge >= 0.3 is 29.6 Å². The van der Waals surface area contributed by atoms with Crippen molar-refractivity contribution in [3.8, 4) is 0 Å². The number of nitrogens with two attached hydrogens (primary N) is 1. The Morgan fingerprint density at radius 2 is 2.05 bits per heavy atom. The molecule has 2 unspecified atom stereocenters. The zero-order valence-electron chi connectivity index (χ0n) is 19.3. The molecule has 0 spiro atoms. The van der Waals surface area contributed by atoms with Crippen LogP contribution in [0.2, 0.25) is 0 Å². The van der Waals surface area contributed by atoms with E-state index < -0.39 is 41.2 Å². The van der Waals surface area contributed by atoms with Gasteiger partial charge in [-0.3, -0.25) is 24.1 Å². The molecule has 188 valence electrons. The number of tetrazole rings is 1. The van der Waals surface area contributed by atoms with E-state index in [0.29, 0.717) is 11.1 Å². The summed E-state index contributed by atoms with van der Waals surface area (Å²) < 4.78 is 6.10. The Balaban J connectivity index is 0.00000380. The molecule has 1 saturated heterocycles. The third-order valence-electron chi connectivity index (χ3n) is 5.25. The van der Waals surface area contributed by atoms with Crippen molar-refractivity contribution in [1.29, 1.82) is 0 Å². The van der Waals surface area contributed by atoms with Crippen molar-refractivity contribution < 1.29 is 63.4 Å². The van der Waals surface area contributed by atoms with E-state index in [2.05, 4.69) is 20.8 Å². The molecule has 17 heteroatoms. The molecule has 0 saturated carbocycles. The Morgan fingerprint density at radius 3 is 2.70 bits per heavy atom. The Morgan fingerprint density at radius 1 is 1.32 bits per heavy atom. The van der Waals surface area contributed by atoms with Crippen molar-refractivity contribution in [2.24, 2.45) is 5.73 Å². The molecule has 3 N–H and O–H groups in total. The first-order valence-electron chi connectivity index (χ1n) is 10.3. The quantitative estimate of drug-likeness (QED) is 0.115. The standard InChI is InChI=1S/C20H19N7O7S2.Na/c21-12(29)6-26-20(23-24-25-26)36-8-11-7-35-18-13(17(31)27(18)14(11)19(32)33)22-16(30)15(34-9-28)10-4-2-1-3-5-10;/h1-5,9,13,15,18H,6-8H2,(H2,21,29)(H,22,30)(H,32,33);/q;+1/p-1/t13?,15?,18-;/m0./s1. The van der Waals surface area contributed by atoms with Gasteiger partial charge in [0.1, 0.15) is 18.0 Å². The van der Waals surface area contributed by atoms with E-state index in [-0.39, 0.29) is 64.9 Å². The van der Waals surface area contributed by atoms with Crippen LogP contribution in [0.25, 0.3) is 0 Å². The summed E-state index contributed by atoms with van der Waals surface area (Å²) in [5.41, 5.74) is 5.67. The summed E-state index contributed by atoms with van der Waals surface area (Å²) >= 11 is 2.32. The second kappa shape index (κ2) is 12.6. The second-order valence-electron chi connectivity index (χ2n) is 7.53. The van der Waals surface area contributed by atoms with Crippen LogP contribution in [0, 0.1) is 0 Å². The predicted molar refractivity (Wildman–Crippen MR) is 121 cm³/mol. The van der Waals surface area contributed by atoms with Gasteiger partial charge in [-0.2, -0.15) is 0 Å². The largest absolute Gasteiger partial charge is 1.00 e. The first kappa shape index (κ1) is 28.6. The SMILES string of the molecule is NC(=O)Cn1nnnc1SCC1=C(C(=O)[O-])N2C(=O)C(NC(=O)C(OC=O)c3ccccc3)[C@@H]2SC1.[Na+]. The van der Waals surface area contributed by atoms with E-state index in [0.717, 1.165) is 16.7 Å². The number of ether oxygens (including phenoxy) is 1. The molecule has 1 aromatic carbocycles. The number of aromatic nitrogens is 4. The molecule has 1 fully saturated rings. The number of fused-ring (bicyclic) bond motifs is 1. The molecule has 1 aromatic heterocycles. The van der Waals surface area contributed by atoms with Crippen LogP contribution in [-0.2, 0) is 35.3 Å². The number of carbonyl (C=O) groups is 5. The Bertz CT molecular complexity index is 1240. The molecule has 3 heterocycles. The molecular weight excluding hydrogens is 537 g/mol. The molecule has 3 amide bonds. The fourth-order valence-corrected chi connectivity index (χ4v) is 6.05. The molecule has 4 rings (SSSR count). The topological polar surface area (TPSA) is 203 Å². The second-order valence-corrected chi connectivity index (χ2v) is 9.58. The van der Waals surface area contributed by atoms with Crippen molar-refractivity contribution in [2.75, 3.05) is 11.5 Å². The van der Waals surface area contributed by atoms with Gasteiger partial charge in [-0.25, -0.2) is 4.68 Å². The summed E-state index contributed by atoms with van der Waals surface area (Å²) in [7, 11) is 0. The van der Waals surface area contributed by atoms with Gasteiger partial charge in [-0.15, -0.1) is 16.9 Å². The molecule has 14 nitrogen and oxygen atoms in total. The van der Waals surface area contributed by atoms with Crippen LogP contribution in [-0.4, -0.2) is 78.2 Å². The van der Waals surface area contributed by atoms with Gasteiger partial charge in [0.05, 0.1) is 11.7 Å². The number of carboxylic acid groups (broad SMARTS) is 1. The number of amides is 3. The van der Waals surface area contributed by atoms with E-state index in [1.807, 2.05) is 0 Å². The molecule has 2 aliphatic rings. The van der Waals surface area contributed by atoms with Gasteiger partial charge < -0.3 is 25.7 Å². The van der Waals surface area contributed by atoms with Crippen LogP contribution in [0.4, 0.5) is 0 Å². The molecule has 3 atom stereocenters. The van der Waals surface area contributed by atoms with Gasteiger partial charge in [0.15, 0.2) is 0 Å². The average molecular weight is 556 g/mol. The Kier molecular flexibility index (Phi) is 9.72. The van der Waals surface area contributed by atoms with Crippen molar-refractivity contribution in [3.05, 3.63) is 47.2 Å². The van der Waals surface area contributed by atoms with Crippen molar-refractivity contribution in [3.63, 3.8) is 0 Å². The minimum absolute atomic E-state index is 0. The monoisotopic (exact) mass is 555 g/mol. The van der Waals surface area contributed by atoms with E-state index >= 15 is 0 Å². The first-order chi connectivity index (χ1) is 17.3. The van der Waals surface area contributed by atoms with Gasteiger partial charge in [-0.05, 0) is 16.0 Å². The summed E-state index contributed by atoms with van der Waals surface area (Å²) in [6, 6.07) is 7.24. The van der Waals surface area contributed by atoms with Crippen molar-refractivity contribution >= 4 is 53.7 Å². The number of primary amides is 1. The van der Waals surface area contributed by atoms with Crippen LogP contribution in [0.15, 0.2) is 46.8 Å². The normalized spacial score (nSPS) is 19.1. The van der Waals surface area contributed by atoms with Gasteiger partial charge in [0, 0.05) is 17.1 Å². The fourth-order valence-electron chi connectivity index (χ4n) is 3.69.